The highest BCUT2D eigenvalue weighted by Gasteiger charge is 2.29. The van der Waals surface area contributed by atoms with Crippen LogP contribution in [-0.4, -0.2) is 18.3 Å². The van der Waals surface area contributed by atoms with Gasteiger partial charge in [0.15, 0.2) is 0 Å². The Balaban J connectivity index is 3.69. The van der Waals surface area contributed by atoms with Gasteiger partial charge in [-0.3, -0.25) is 20.2 Å². The molecule has 0 radical (unpaired) electrons. The number of nitro groups is 2. The van der Waals surface area contributed by atoms with Gasteiger partial charge in [0, 0.05) is 22.8 Å². The summed E-state index contributed by atoms with van der Waals surface area (Å²) >= 11 is 0. The zero-order valence-electron chi connectivity index (χ0n) is 8.28. The molecule has 0 saturated heterocycles. The molecule has 0 spiro atoms. The zero-order chi connectivity index (χ0) is 13.4. The van der Waals surface area contributed by atoms with Crippen molar-refractivity contribution in [2.75, 3.05) is 0 Å². The van der Waals surface area contributed by atoms with E-state index >= 15 is 0 Å². The molecule has 17 heavy (non-hydrogen) atoms. The number of nitrogens with zero attached hydrogens (tertiary/aromatic N) is 2. The number of hydrogen-bond acceptors (Lipinski definition) is 6. The molecule has 8 nitrogen and oxygen atoms in total. The number of hydrogen-bond donors (Lipinski definition) is 0. The monoisotopic (exact) mass is 280 g/mol. The molecular weight excluding hydrogens is 276 g/mol. The van der Waals surface area contributed by atoms with E-state index in [0.29, 0.717) is 6.07 Å². The number of nitro benzene ring substituents is 2. The molecule has 0 aliphatic carbocycles. The normalized spacial score (nSPS) is 11.2. The van der Waals surface area contributed by atoms with Crippen LogP contribution >= 0.6 is 10.7 Å². The van der Waals surface area contributed by atoms with Crippen LogP contribution in [0.5, 0.6) is 0 Å². The third kappa shape index (κ3) is 2.68. The zero-order valence-corrected chi connectivity index (χ0v) is 9.86. The summed E-state index contributed by atoms with van der Waals surface area (Å²) < 4.78 is 22.2. The van der Waals surface area contributed by atoms with E-state index in [-0.39, 0.29) is 5.56 Å². The van der Waals surface area contributed by atoms with Crippen molar-refractivity contribution in [2.24, 2.45) is 0 Å². The van der Waals surface area contributed by atoms with Crippen molar-refractivity contribution in [3.05, 3.63) is 37.9 Å². The van der Waals surface area contributed by atoms with E-state index in [1.54, 1.807) is 0 Å². The molecule has 0 N–H and O–H groups in total. The first-order valence-electron chi connectivity index (χ1n) is 4.02. The molecule has 0 amide bonds. The van der Waals surface area contributed by atoms with E-state index in [1.165, 1.54) is 6.92 Å². The summed E-state index contributed by atoms with van der Waals surface area (Å²) in [6.45, 7) is 1.26. The van der Waals surface area contributed by atoms with Crippen LogP contribution in [0.1, 0.15) is 5.56 Å². The quantitative estimate of drug-likeness (QED) is 0.472. The summed E-state index contributed by atoms with van der Waals surface area (Å²) in [6, 6.07) is 1.38. The van der Waals surface area contributed by atoms with Gasteiger partial charge in [-0.15, -0.1) is 0 Å². The lowest BCUT2D eigenvalue weighted by molar-refractivity contribution is -0.422. The molecule has 0 aliphatic rings. The van der Waals surface area contributed by atoms with E-state index in [0.717, 1.165) is 6.07 Å². The molecule has 0 atom stereocenters. The second-order valence-electron chi connectivity index (χ2n) is 3.06. The van der Waals surface area contributed by atoms with Crippen molar-refractivity contribution >= 4 is 31.1 Å². The number of halogens is 1. The Labute approximate surface area is 99.5 Å². The van der Waals surface area contributed by atoms with Crippen LogP contribution < -0.4 is 0 Å². The fourth-order valence-corrected chi connectivity index (χ4v) is 2.41. The van der Waals surface area contributed by atoms with Crippen molar-refractivity contribution < 1.29 is 18.3 Å². The highest BCUT2D eigenvalue weighted by atomic mass is 35.7. The van der Waals surface area contributed by atoms with Crippen molar-refractivity contribution in [1.29, 1.82) is 0 Å². The molecule has 0 unspecified atom stereocenters. The average Bonchev–Trinajstić information content (AvgIpc) is 2.14. The third-order valence-electron chi connectivity index (χ3n) is 1.93. The lowest BCUT2D eigenvalue weighted by Crippen LogP contribution is -2.01. The maximum Gasteiger partial charge on any atom is 0.347 e. The van der Waals surface area contributed by atoms with Gasteiger partial charge in [0.1, 0.15) is 0 Å². The van der Waals surface area contributed by atoms with Gasteiger partial charge in [-0.05, 0) is 12.5 Å². The van der Waals surface area contributed by atoms with E-state index in [4.69, 9.17) is 10.7 Å². The topological polar surface area (TPSA) is 120 Å². The van der Waals surface area contributed by atoms with Crippen LogP contribution in [0.2, 0.25) is 0 Å². The minimum absolute atomic E-state index is 0.0303. The van der Waals surface area contributed by atoms with Crippen molar-refractivity contribution in [3.8, 4) is 0 Å². The molecule has 0 aliphatic heterocycles. The Hall–Kier alpha value is -1.74. The lowest BCUT2D eigenvalue weighted by atomic mass is 10.2. The van der Waals surface area contributed by atoms with E-state index < -0.39 is 35.2 Å². The number of benzene rings is 1. The Morgan fingerprint density at radius 1 is 1.12 bits per heavy atom. The van der Waals surface area contributed by atoms with E-state index in [2.05, 4.69) is 0 Å². The fraction of sp³-hybridized carbons (Fsp3) is 0.143. The fourth-order valence-electron chi connectivity index (χ4n) is 1.22. The predicted molar refractivity (Wildman–Crippen MR) is 57.5 cm³/mol. The largest absolute Gasteiger partial charge is 0.347 e. The second kappa shape index (κ2) is 4.26. The van der Waals surface area contributed by atoms with Crippen LogP contribution in [0.15, 0.2) is 17.0 Å². The van der Waals surface area contributed by atoms with E-state index in [9.17, 15) is 28.6 Å². The van der Waals surface area contributed by atoms with Gasteiger partial charge >= 0.3 is 11.4 Å². The summed E-state index contributed by atoms with van der Waals surface area (Å²) in [4.78, 5) is 18.6. The summed E-state index contributed by atoms with van der Waals surface area (Å²) in [6.07, 6.45) is 0. The third-order valence-corrected chi connectivity index (χ3v) is 3.39. The van der Waals surface area contributed by atoms with Gasteiger partial charge in [0.25, 0.3) is 9.05 Å². The van der Waals surface area contributed by atoms with Gasteiger partial charge in [-0.25, -0.2) is 8.42 Å². The molecule has 1 aromatic rings. The maximum absolute atomic E-state index is 11.1. The summed E-state index contributed by atoms with van der Waals surface area (Å²) in [7, 11) is 0.865. The number of rotatable bonds is 3. The van der Waals surface area contributed by atoms with Gasteiger partial charge < -0.3 is 0 Å². The van der Waals surface area contributed by atoms with Crippen molar-refractivity contribution in [2.45, 2.75) is 11.8 Å². The minimum Gasteiger partial charge on any atom is -0.258 e. The molecule has 92 valence electrons. The highest BCUT2D eigenvalue weighted by Crippen LogP contribution is 2.33. The predicted octanol–water partition coefficient (Wildman–Crippen LogP) is 1.74. The molecule has 0 fully saturated rings. The Bertz CT molecular complexity index is 611. The van der Waals surface area contributed by atoms with Crippen molar-refractivity contribution in [3.63, 3.8) is 0 Å². The Morgan fingerprint density at radius 3 is 1.88 bits per heavy atom. The average molecular weight is 281 g/mol. The molecule has 0 bridgehead atoms. The van der Waals surface area contributed by atoms with Crippen LogP contribution in [-0.2, 0) is 9.05 Å². The first-order valence-corrected chi connectivity index (χ1v) is 6.33. The molecule has 0 saturated carbocycles. The van der Waals surface area contributed by atoms with Gasteiger partial charge in [0.05, 0.1) is 14.7 Å². The highest BCUT2D eigenvalue weighted by molar-refractivity contribution is 8.13. The van der Waals surface area contributed by atoms with Gasteiger partial charge in [0.2, 0.25) is 0 Å². The molecule has 10 heteroatoms. The van der Waals surface area contributed by atoms with Crippen LogP contribution in [0.4, 0.5) is 11.4 Å². The number of aryl methyl sites for hydroxylation is 1. The standard InChI is InChI=1S/C7H5ClN2O6S/c1-4-2-5(9(11)12)6(10(13)14)3-7(4)17(8,15)16/h2-3H,1H3. The molecule has 0 aromatic heterocycles. The van der Waals surface area contributed by atoms with Gasteiger partial charge in [-0.1, -0.05) is 0 Å². The molecule has 0 heterocycles. The van der Waals surface area contributed by atoms with Crippen molar-refractivity contribution in [1.82, 2.24) is 0 Å². The molecular formula is C7H5ClN2O6S. The van der Waals surface area contributed by atoms with Crippen LogP contribution in [0.25, 0.3) is 0 Å². The maximum atomic E-state index is 11.1. The first kappa shape index (κ1) is 13.3. The smallest absolute Gasteiger partial charge is 0.258 e. The Morgan fingerprint density at radius 2 is 1.53 bits per heavy atom. The van der Waals surface area contributed by atoms with E-state index in [1.807, 2.05) is 0 Å². The lowest BCUT2D eigenvalue weighted by Gasteiger charge is -2.02. The Kier molecular flexibility index (Phi) is 3.34. The molecule has 1 rings (SSSR count). The SMILES string of the molecule is Cc1cc([N+](=O)[O-])c([N+](=O)[O-])cc1S(=O)(=O)Cl. The summed E-state index contributed by atoms with van der Waals surface area (Å²) in [5.41, 5.74) is -1.73. The van der Waals surface area contributed by atoms with Crippen LogP contribution in [0, 0.1) is 27.2 Å². The summed E-state index contributed by atoms with van der Waals surface area (Å²) in [5, 5.41) is 21.1. The van der Waals surface area contributed by atoms with Gasteiger partial charge in [-0.2, -0.15) is 0 Å². The molecule has 1 aromatic carbocycles. The second-order valence-corrected chi connectivity index (χ2v) is 5.59. The first-order chi connectivity index (χ1) is 7.64. The minimum atomic E-state index is -4.19. The van der Waals surface area contributed by atoms with Crippen LogP contribution in [0.3, 0.4) is 0 Å². The summed E-state index contributed by atoms with van der Waals surface area (Å²) in [5.74, 6) is 0.